The van der Waals surface area contributed by atoms with Gasteiger partial charge in [-0.15, -0.1) is 0 Å². The summed E-state index contributed by atoms with van der Waals surface area (Å²) in [5, 5.41) is 10.9. The minimum absolute atomic E-state index is 0.388. The zero-order valence-electron chi connectivity index (χ0n) is 10.1. The number of aromatic hydroxyl groups is 1. The highest BCUT2D eigenvalue weighted by molar-refractivity contribution is 6.06. The van der Waals surface area contributed by atoms with Gasteiger partial charge in [0.05, 0.1) is 5.56 Å². The standard InChI is InChI=1S/C13H6F5NO2/c14-7-8(15)10(17)12(11(18)9(7)16)19-13(21)5-3-1-2-4-6(5)20/h1-4,20H,(H,19,21). The first-order chi connectivity index (χ1) is 9.84. The molecule has 2 rings (SSSR count). The van der Waals surface area contributed by atoms with Crippen molar-refractivity contribution in [2.75, 3.05) is 5.32 Å². The van der Waals surface area contributed by atoms with Gasteiger partial charge in [-0.05, 0) is 12.1 Å². The number of hydrogen-bond acceptors (Lipinski definition) is 2. The average molecular weight is 303 g/mol. The second-order valence-electron chi connectivity index (χ2n) is 3.92. The molecule has 0 aliphatic rings. The highest BCUT2D eigenvalue weighted by Gasteiger charge is 2.27. The molecule has 0 aliphatic carbocycles. The highest BCUT2D eigenvalue weighted by Crippen LogP contribution is 2.28. The van der Waals surface area contributed by atoms with E-state index in [9.17, 15) is 31.9 Å². The number of halogens is 5. The molecule has 8 heteroatoms. The number of rotatable bonds is 2. The fourth-order valence-corrected chi connectivity index (χ4v) is 1.56. The molecule has 0 bridgehead atoms. The Hall–Kier alpha value is -2.64. The molecule has 2 aromatic rings. The fraction of sp³-hybridized carbons (Fsp3) is 0. The van der Waals surface area contributed by atoms with E-state index in [1.54, 1.807) is 5.32 Å². The fourth-order valence-electron chi connectivity index (χ4n) is 1.56. The minimum atomic E-state index is -2.33. The zero-order chi connectivity index (χ0) is 15.7. The van der Waals surface area contributed by atoms with Gasteiger partial charge >= 0.3 is 0 Å². The third-order valence-corrected chi connectivity index (χ3v) is 2.60. The van der Waals surface area contributed by atoms with Gasteiger partial charge in [0, 0.05) is 0 Å². The lowest BCUT2D eigenvalue weighted by atomic mass is 10.1. The maximum atomic E-state index is 13.4. The highest BCUT2D eigenvalue weighted by atomic mass is 19.2. The van der Waals surface area contributed by atoms with Crippen LogP contribution in [0, 0.1) is 29.1 Å². The summed E-state index contributed by atoms with van der Waals surface area (Å²) in [6.45, 7) is 0. The van der Waals surface area contributed by atoms with Gasteiger partial charge in [0.25, 0.3) is 5.91 Å². The van der Waals surface area contributed by atoms with E-state index >= 15 is 0 Å². The van der Waals surface area contributed by atoms with E-state index < -0.39 is 46.4 Å². The summed E-state index contributed by atoms with van der Waals surface area (Å²) in [6.07, 6.45) is 0. The first-order valence-corrected chi connectivity index (χ1v) is 5.45. The van der Waals surface area contributed by atoms with Crippen LogP contribution in [0.2, 0.25) is 0 Å². The summed E-state index contributed by atoms with van der Waals surface area (Å²) in [4.78, 5) is 11.7. The Morgan fingerprint density at radius 2 is 1.33 bits per heavy atom. The second kappa shape index (κ2) is 5.39. The summed E-state index contributed by atoms with van der Waals surface area (Å²) in [5.41, 5.74) is -1.87. The number of phenols is 1. The van der Waals surface area contributed by atoms with E-state index in [4.69, 9.17) is 0 Å². The third-order valence-electron chi connectivity index (χ3n) is 2.60. The maximum Gasteiger partial charge on any atom is 0.259 e. The molecule has 0 atom stereocenters. The lowest BCUT2D eigenvalue weighted by Gasteiger charge is -2.10. The van der Waals surface area contributed by atoms with Gasteiger partial charge < -0.3 is 10.4 Å². The summed E-state index contributed by atoms with van der Waals surface area (Å²) in [6, 6.07) is 4.95. The van der Waals surface area contributed by atoms with Gasteiger partial charge in [0.15, 0.2) is 23.3 Å². The molecule has 2 aromatic carbocycles. The van der Waals surface area contributed by atoms with E-state index in [0.717, 1.165) is 12.1 Å². The number of benzene rings is 2. The molecule has 0 spiro atoms. The van der Waals surface area contributed by atoms with Crippen LogP contribution in [0.25, 0.3) is 0 Å². The Balaban J connectivity index is 2.46. The zero-order valence-corrected chi connectivity index (χ0v) is 10.1. The van der Waals surface area contributed by atoms with Crippen molar-refractivity contribution in [3.8, 4) is 5.75 Å². The third kappa shape index (κ3) is 2.51. The van der Waals surface area contributed by atoms with Crippen LogP contribution in [0.3, 0.4) is 0 Å². The van der Waals surface area contributed by atoms with Crippen molar-refractivity contribution in [3.05, 3.63) is 58.9 Å². The van der Waals surface area contributed by atoms with Crippen molar-refractivity contribution in [2.24, 2.45) is 0 Å². The largest absolute Gasteiger partial charge is 0.507 e. The number of amides is 1. The van der Waals surface area contributed by atoms with Crippen LogP contribution in [-0.2, 0) is 0 Å². The quantitative estimate of drug-likeness (QED) is 0.508. The first-order valence-electron chi connectivity index (χ1n) is 5.45. The number of hydrogen-bond donors (Lipinski definition) is 2. The van der Waals surface area contributed by atoms with Gasteiger partial charge in [-0.1, -0.05) is 12.1 Å². The Labute approximate surface area is 114 Å². The smallest absolute Gasteiger partial charge is 0.259 e. The molecule has 0 fully saturated rings. The van der Waals surface area contributed by atoms with E-state index in [1.165, 1.54) is 12.1 Å². The van der Waals surface area contributed by atoms with E-state index in [1.807, 2.05) is 0 Å². The number of anilines is 1. The molecule has 110 valence electrons. The van der Waals surface area contributed by atoms with Crippen molar-refractivity contribution in [2.45, 2.75) is 0 Å². The molecule has 2 N–H and O–H groups in total. The van der Waals surface area contributed by atoms with Gasteiger partial charge in [-0.2, -0.15) is 0 Å². The molecule has 0 saturated carbocycles. The Bertz CT molecular complexity index is 704. The molecule has 0 saturated heterocycles. The molecular weight excluding hydrogens is 297 g/mol. The van der Waals surface area contributed by atoms with E-state index in [2.05, 4.69) is 0 Å². The molecule has 0 unspecified atom stereocenters. The summed E-state index contributed by atoms with van der Waals surface area (Å²) in [5.74, 6) is -12.8. The molecular formula is C13H6F5NO2. The average Bonchev–Trinajstić information content (AvgIpc) is 2.48. The molecule has 0 heterocycles. The Kier molecular flexibility index (Phi) is 3.79. The Morgan fingerprint density at radius 3 is 1.86 bits per heavy atom. The monoisotopic (exact) mass is 303 g/mol. The van der Waals surface area contributed by atoms with Crippen LogP contribution in [0.5, 0.6) is 5.75 Å². The van der Waals surface area contributed by atoms with Crippen molar-refractivity contribution < 1.29 is 31.9 Å². The van der Waals surface area contributed by atoms with Crippen LogP contribution in [-0.4, -0.2) is 11.0 Å². The van der Waals surface area contributed by atoms with Crippen LogP contribution >= 0.6 is 0 Å². The SMILES string of the molecule is O=C(Nc1c(F)c(F)c(F)c(F)c1F)c1ccccc1O. The number of para-hydroxylation sites is 1. The number of carbonyl (C=O) groups is 1. The van der Waals surface area contributed by atoms with Gasteiger partial charge in [-0.3, -0.25) is 4.79 Å². The normalized spacial score (nSPS) is 10.5. The van der Waals surface area contributed by atoms with Crippen molar-refractivity contribution in [1.29, 1.82) is 0 Å². The predicted octanol–water partition coefficient (Wildman–Crippen LogP) is 3.34. The summed E-state index contributed by atoms with van der Waals surface area (Å²) < 4.78 is 65.6. The second-order valence-corrected chi connectivity index (χ2v) is 3.92. The van der Waals surface area contributed by atoms with E-state index in [0.29, 0.717) is 0 Å². The van der Waals surface area contributed by atoms with Gasteiger partial charge in [0.1, 0.15) is 11.4 Å². The molecule has 1 amide bonds. The Morgan fingerprint density at radius 1 is 0.857 bits per heavy atom. The molecule has 3 nitrogen and oxygen atoms in total. The van der Waals surface area contributed by atoms with Crippen molar-refractivity contribution in [1.82, 2.24) is 0 Å². The van der Waals surface area contributed by atoms with Crippen LogP contribution in [0.4, 0.5) is 27.6 Å². The molecule has 0 aromatic heterocycles. The number of nitrogens with one attached hydrogen (secondary N) is 1. The van der Waals surface area contributed by atoms with Gasteiger partial charge in [0.2, 0.25) is 5.82 Å². The number of carbonyl (C=O) groups excluding carboxylic acids is 1. The van der Waals surface area contributed by atoms with Gasteiger partial charge in [-0.25, -0.2) is 22.0 Å². The first kappa shape index (κ1) is 14.8. The van der Waals surface area contributed by atoms with E-state index in [-0.39, 0.29) is 5.56 Å². The summed E-state index contributed by atoms with van der Waals surface area (Å²) >= 11 is 0. The molecule has 0 radical (unpaired) electrons. The minimum Gasteiger partial charge on any atom is -0.507 e. The predicted molar refractivity (Wildman–Crippen MR) is 62.3 cm³/mol. The van der Waals surface area contributed by atoms with Crippen LogP contribution < -0.4 is 5.32 Å². The molecule has 0 aliphatic heterocycles. The van der Waals surface area contributed by atoms with Crippen LogP contribution in [0.1, 0.15) is 10.4 Å². The topological polar surface area (TPSA) is 49.3 Å². The number of phenolic OH excluding ortho intramolecular Hbond substituents is 1. The van der Waals surface area contributed by atoms with Crippen molar-refractivity contribution >= 4 is 11.6 Å². The lowest BCUT2D eigenvalue weighted by Crippen LogP contribution is -2.17. The van der Waals surface area contributed by atoms with Crippen LogP contribution in [0.15, 0.2) is 24.3 Å². The summed E-state index contributed by atoms with van der Waals surface area (Å²) in [7, 11) is 0. The van der Waals surface area contributed by atoms with Crippen molar-refractivity contribution in [3.63, 3.8) is 0 Å². The lowest BCUT2D eigenvalue weighted by molar-refractivity contribution is 0.102. The maximum absolute atomic E-state index is 13.4. The molecule has 21 heavy (non-hydrogen) atoms.